The first kappa shape index (κ1) is 18.9. The van der Waals surface area contributed by atoms with E-state index < -0.39 is 0 Å². The van der Waals surface area contributed by atoms with Crippen molar-refractivity contribution in [2.24, 2.45) is 11.1 Å². The minimum atomic E-state index is -0.162. The molecule has 1 aliphatic rings. The predicted octanol–water partition coefficient (Wildman–Crippen LogP) is 3.78. The number of hydrogen-bond donors (Lipinski definition) is 1. The maximum atomic E-state index is 12.7. The first-order valence-electron chi connectivity index (χ1n) is 8.28. The average molecular weight is 395 g/mol. The van der Waals surface area contributed by atoms with Gasteiger partial charge in [-0.05, 0) is 30.0 Å². The molecule has 1 unspecified atom stereocenters. The molecule has 0 bridgehead atoms. The molecule has 1 amide bonds. The number of carbonyl (C=O) groups is 1. The Kier molecular flexibility index (Phi) is 5.37. The van der Waals surface area contributed by atoms with E-state index in [1.807, 2.05) is 0 Å². The molecule has 26 heavy (non-hydrogen) atoms. The van der Waals surface area contributed by atoms with Crippen LogP contribution in [0.2, 0.25) is 10.0 Å². The van der Waals surface area contributed by atoms with E-state index in [-0.39, 0.29) is 28.9 Å². The lowest BCUT2D eigenvalue weighted by Gasteiger charge is -2.42. The normalized spacial score (nSPS) is 19.3. The molecule has 1 atom stereocenters. The molecule has 8 heteroatoms. The summed E-state index contributed by atoms with van der Waals surface area (Å²) in [7, 11) is 0. The van der Waals surface area contributed by atoms with Gasteiger partial charge in [-0.25, -0.2) is 0 Å². The van der Waals surface area contributed by atoms with E-state index in [1.54, 1.807) is 35.2 Å². The molecule has 0 spiro atoms. The smallest absolute Gasteiger partial charge is 0.274 e. The van der Waals surface area contributed by atoms with Gasteiger partial charge in [-0.2, -0.15) is 0 Å². The molecule has 1 saturated heterocycles. The summed E-state index contributed by atoms with van der Waals surface area (Å²) >= 11 is 12.0. The second-order valence-electron chi connectivity index (χ2n) is 7.02. The quantitative estimate of drug-likeness (QED) is 0.856. The van der Waals surface area contributed by atoms with Crippen LogP contribution in [-0.2, 0) is 0 Å². The summed E-state index contributed by atoms with van der Waals surface area (Å²) in [5, 5.41) is 8.64. The van der Waals surface area contributed by atoms with Gasteiger partial charge in [0.25, 0.3) is 5.91 Å². The molecule has 2 heterocycles. The Balaban J connectivity index is 1.71. The first-order valence-corrected chi connectivity index (χ1v) is 9.04. The maximum absolute atomic E-state index is 12.7. The first-order chi connectivity index (χ1) is 12.3. The van der Waals surface area contributed by atoms with Crippen molar-refractivity contribution < 1.29 is 9.53 Å². The summed E-state index contributed by atoms with van der Waals surface area (Å²) in [5.74, 6) is 0.441. The fraction of sp³-hybridized carbons (Fsp3) is 0.389. The zero-order valence-electron chi connectivity index (χ0n) is 14.6. The monoisotopic (exact) mass is 394 g/mol. The number of carbonyl (C=O) groups excluding carboxylic acids is 1. The molecule has 1 aromatic carbocycles. The number of nitrogens with zero attached hydrogens (tertiary/aromatic N) is 3. The molecule has 2 aromatic rings. The number of aromatic nitrogens is 2. The van der Waals surface area contributed by atoms with Crippen molar-refractivity contribution in [1.82, 2.24) is 15.1 Å². The largest absolute Gasteiger partial charge is 0.436 e. The standard InChI is InChI=1S/C18H20Cl2N4O2/c1-18(2)10-24(9-8-14(18)21)17(25)12-6-7-15(23-22-12)26-13-5-3-4-11(19)16(13)20/h3-7,14H,8-10,21H2,1-2H3. The summed E-state index contributed by atoms with van der Waals surface area (Å²) in [6.45, 7) is 5.33. The van der Waals surface area contributed by atoms with E-state index in [0.29, 0.717) is 28.9 Å². The SMILES string of the molecule is CC1(C)CN(C(=O)c2ccc(Oc3cccc(Cl)c3Cl)nn2)CCC1N. The van der Waals surface area contributed by atoms with E-state index in [4.69, 9.17) is 33.7 Å². The average Bonchev–Trinajstić information content (AvgIpc) is 2.61. The van der Waals surface area contributed by atoms with Crippen LogP contribution in [0.4, 0.5) is 0 Å². The third kappa shape index (κ3) is 3.92. The number of amides is 1. The van der Waals surface area contributed by atoms with Gasteiger partial charge >= 0.3 is 0 Å². The van der Waals surface area contributed by atoms with E-state index in [2.05, 4.69) is 24.0 Å². The van der Waals surface area contributed by atoms with Crippen molar-refractivity contribution in [2.45, 2.75) is 26.3 Å². The van der Waals surface area contributed by atoms with Gasteiger partial charge in [-0.3, -0.25) is 4.79 Å². The lowest BCUT2D eigenvalue weighted by atomic mass is 9.79. The number of ether oxygens (including phenoxy) is 1. The number of halogens is 2. The molecule has 0 saturated carbocycles. The molecule has 1 aliphatic heterocycles. The highest BCUT2D eigenvalue weighted by Crippen LogP contribution is 2.34. The van der Waals surface area contributed by atoms with Gasteiger partial charge in [0, 0.05) is 25.2 Å². The minimum absolute atomic E-state index is 0.0795. The molecule has 0 aliphatic carbocycles. The lowest BCUT2D eigenvalue weighted by Crippen LogP contribution is -2.54. The number of rotatable bonds is 3. The molecule has 2 N–H and O–H groups in total. The molecule has 138 valence electrons. The van der Waals surface area contributed by atoms with Crippen molar-refractivity contribution in [3.63, 3.8) is 0 Å². The fourth-order valence-corrected chi connectivity index (χ4v) is 3.20. The Morgan fingerprint density at radius 1 is 1.27 bits per heavy atom. The van der Waals surface area contributed by atoms with Crippen LogP contribution in [0.15, 0.2) is 30.3 Å². The number of piperidine rings is 1. The summed E-state index contributed by atoms with van der Waals surface area (Å²) in [4.78, 5) is 14.4. The van der Waals surface area contributed by atoms with Gasteiger partial charge in [0.05, 0.1) is 5.02 Å². The van der Waals surface area contributed by atoms with Gasteiger partial charge in [-0.1, -0.05) is 43.1 Å². The van der Waals surface area contributed by atoms with Gasteiger partial charge in [-0.15, -0.1) is 10.2 Å². The van der Waals surface area contributed by atoms with Crippen molar-refractivity contribution in [3.8, 4) is 11.6 Å². The van der Waals surface area contributed by atoms with Crippen molar-refractivity contribution >= 4 is 29.1 Å². The predicted molar refractivity (Wildman–Crippen MR) is 101 cm³/mol. The highest BCUT2D eigenvalue weighted by molar-refractivity contribution is 6.42. The van der Waals surface area contributed by atoms with Crippen molar-refractivity contribution in [2.75, 3.05) is 13.1 Å². The van der Waals surface area contributed by atoms with Gasteiger partial charge in [0.2, 0.25) is 5.88 Å². The van der Waals surface area contributed by atoms with E-state index in [9.17, 15) is 4.79 Å². The third-order valence-electron chi connectivity index (χ3n) is 4.59. The highest BCUT2D eigenvalue weighted by Gasteiger charge is 2.36. The minimum Gasteiger partial charge on any atom is -0.436 e. The Morgan fingerprint density at radius 2 is 2.04 bits per heavy atom. The Labute approximate surface area is 162 Å². The second-order valence-corrected chi connectivity index (χ2v) is 7.81. The topological polar surface area (TPSA) is 81.3 Å². The summed E-state index contributed by atoms with van der Waals surface area (Å²) in [6, 6.07) is 8.31. The zero-order chi connectivity index (χ0) is 18.9. The van der Waals surface area contributed by atoms with E-state index >= 15 is 0 Å². The van der Waals surface area contributed by atoms with Gasteiger partial charge < -0.3 is 15.4 Å². The van der Waals surface area contributed by atoms with E-state index in [1.165, 1.54) is 0 Å². The van der Waals surface area contributed by atoms with Crippen LogP contribution in [0.3, 0.4) is 0 Å². The molecule has 0 radical (unpaired) electrons. The van der Waals surface area contributed by atoms with Crippen LogP contribution in [0.25, 0.3) is 0 Å². The van der Waals surface area contributed by atoms with Gasteiger partial charge in [0.15, 0.2) is 5.69 Å². The molecule has 1 aromatic heterocycles. The highest BCUT2D eigenvalue weighted by atomic mass is 35.5. The summed E-state index contributed by atoms with van der Waals surface area (Å²) in [6.07, 6.45) is 0.765. The Hall–Kier alpha value is -1.89. The van der Waals surface area contributed by atoms with Crippen LogP contribution < -0.4 is 10.5 Å². The summed E-state index contributed by atoms with van der Waals surface area (Å²) in [5.41, 5.74) is 6.26. The van der Waals surface area contributed by atoms with Crippen LogP contribution in [-0.4, -0.2) is 40.1 Å². The molecular formula is C18H20Cl2N4O2. The molecular weight excluding hydrogens is 375 g/mol. The van der Waals surface area contributed by atoms with Crippen LogP contribution in [0, 0.1) is 5.41 Å². The number of nitrogens with two attached hydrogens (primary N) is 1. The van der Waals surface area contributed by atoms with Crippen LogP contribution >= 0.6 is 23.2 Å². The Bertz CT molecular complexity index is 811. The van der Waals surface area contributed by atoms with Crippen LogP contribution in [0.1, 0.15) is 30.8 Å². The summed E-state index contributed by atoms with van der Waals surface area (Å²) < 4.78 is 5.59. The molecule has 1 fully saturated rings. The third-order valence-corrected chi connectivity index (χ3v) is 5.39. The Morgan fingerprint density at radius 3 is 2.69 bits per heavy atom. The number of benzene rings is 1. The van der Waals surface area contributed by atoms with Crippen LogP contribution in [0.5, 0.6) is 11.6 Å². The number of likely N-dealkylation sites (tertiary alicyclic amines) is 1. The fourth-order valence-electron chi connectivity index (χ4n) is 2.87. The lowest BCUT2D eigenvalue weighted by molar-refractivity contribution is 0.0526. The molecule has 6 nitrogen and oxygen atoms in total. The van der Waals surface area contributed by atoms with E-state index in [0.717, 1.165) is 6.42 Å². The van der Waals surface area contributed by atoms with Gasteiger partial charge in [0.1, 0.15) is 10.8 Å². The van der Waals surface area contributed by atoms with Crippen molar-refractivity contribution in [3.05, 3.63) is 46.1 Å². The second kappa shape index (κ2) is 7.39. The number of hydrogen-bond acceptors (Lipinski definition) is 5. The maximum Gasteiger partial charge on any atom is 0.274 e. The zero-order valence-corrected chi connectivity index (χ0v) is 16.1. The molecule has 3 rings (SSSR count). The van der Waals surface area contributed by atoms with Crippen molar-refractivity contribution in [1.29, 1.82) is 0 Å².